The Labute approximate surface area is 87.6 Å². The van der Waals surface area contributed by atoms with E-state index in [1.54, 1.807) is 4.90 Å². The van der Waals surface area contributed by atoms with Crippen molar-refractivity contribution in [3.63, 3.8) is 0 Å². The van der Waals surface area contributed by atoms with E-state index in [1.807, 2.05) is 7.05 Å². The van der Waals surface area contributed by atoms with Gasteiger partial charge in [0.15, 0.2) is 0 Å². The number of carbonyl (C=O) groups is 1. The van der Waals surface area contributed by atoms with Gasteiger partial charge in [-0.15, -0.1) is 0 Å². The molecule has 3 heteroatoms. The molecule has 0 saturated carbocycles. The van der Waals surface area contributed by atoms with Gasteiger partial charge in [-0.2, -0.15) is 0 Å². The van der Waals surface area contributed by atoms with Crippen LogP contribution >= 0.6 is 0 Å². The quantitative estimate of drug-likeness (QED) is 0.706. The van der Waals surface area contributed by atoms with Crippen molar-refractivity contribution in [2.24, 2.45) is 17.6 Å². The van der Waals surface area contributed by atoms with Gasteiger partial charge in [-0.05, 0) is 18.4 Å². The molecule has 0 rings (SSSR count). The summed E-state index contributed by atoms with van der Waals surface area (Å²) in [6.07, 6.45) is 1.72. The Morgan fingerprint density at radius 3 is 2.36 bits per heavy atom. The minimum absolute atomic E-state index is 0.236. The molecule has 1 amide bonds. The van der Waals surface area contributed by atoms with Gasteiger partial charge in [0.1, 0.15) is 0 Å². The lowest BCUT2D eigenvalue weighted by Gasteiger charge is -2.22. The Hall–Kier alpha value is -0.570. The summed E-state index contributed by atoms with van der Waals surface area (Å²) in [6.45, 7) is 7.69. The van der Waals surface area contributed by atoms with Gasteiger partial charge < -0.3 is 10.6 Å². The monoisotopic (exact) mass is 200 g/mol. The van der Waals surface area contributed by atoms with E-state index < -0.39 is 0 Å². The van der Waals surface area contributed by atoms with Crippen LogP contribution in [0.25, 0.3) is 0 Å². The molecule has 0 fully saturated rings. The lowest BCUT2D eigenvalue weighted by Crippen LogP contribution is -2.34. The summed E-state index contributed by atoms with van der Waals surface area (Å²) in [5, 5.41) is 0. The van der Waals surface area contributed by atoms with Crippen molar-refractivity contribution in [3.8, 4) is 0 Å². The normalized spacial score (nSPS) is 14.9. The van der Waals surface area contributed by atoms with Gasteiger partial charge in [-0.3, -0.25) is 4.79 Å². The summed E-state index contributed by atoms with van der Waals surface area (Å²) in [6, 6.07) is 0. The van der Waals surface area contributed by atoms with Gasteiger partial charge in [0.05, 0.1) is 0 Å². The maximum atomic E-state index is 11.6. The molecule has 2 unspecified atom stereocenters. The smallest absolute Gasteiger partial charge is 0.222 e. The molecule has 0 aromatic rings. The highest BCUT2D eigenvalue weighted by molar-refractivity contribution is 5.76. The van der Waals surface area contributed by atoms with Crippen molar-refractivity contribution >= 4 is 5.91 Å². The van der Waals surface area contributed by atoms with E-state index in [0.29, 0.717) is 24.8 Å². The van der Waals surface area contributed by atoms with Crippen molar-refractivity contribution in [1.82, 2.24) is 4.90 Å². The molecule has 0 aliphatic carbocycles. The second-order valence-electron chi connectivity index (χ2n) is 4.33. The summed E-state index contributed by atoms with van der Waals surface area (Å²) in [5.41, 5.74) is 5.51. The van der Waals surface area contributed by atoms with Gasteiger partial charge in [0, 0.05) is 20.0 Å². The minimum atomic E-state index is 0.236. The van der Waals surface area contributed by atoms with E-state index in [-0.39, 0.29) is 5.91 Å². The standard InChI is InChI=1S/C11H24N2O/c1-5-9(2)6-11(14)13(4)8-10(3)7-12/h9-10H,5-8,12H2,1-4H3. The molecule has 0 heterocycles. The molecule has 2 N–H and O–H groups in total. The number of nitrogens with two attached hydrogens (primary N) is 1. The van der Waals surface area contributed by atoms with Gasteiger partial charge in [-0.1, -0.05) is 27.2 Å². The van der Waals surface area contributed by atoms with Crippen molar-refractivity contribution in [3.05, 3.63) is 0 Å². The summed E-state index contributed by atoms with van der Waals surface area (Å²) >= 11 is 0. The van der Waals surface area contributed by atoms with Crippen LogP contribution in [0, 0.1) is 11.8 Å². The molecule has 84 valence electrons. The highest BCUT2D eigenvalue weighted by Gasteiger charge is 2.13. The number of amides is 1. The highest BCUT2D eigenvalue weighted by atomic mass is 16.2. The summed E-state index contributed by atoms with van der Waals surface area (Å²) in [5.74, 6) is 1.11. The van der Waals surface area contributed by atoms with Gasteiger partial charge in [0.2, 0.25) is 5.91 Å². The molecule has 0 saturated heterocycles. The van der Waals surface area contributed by atoms with Crippen LogP contribution in [-0.2, 0) is 4.79 Å². The lowest BCUT2D eigenvalue weighted by molar-refractivity contribution is -0.131. The molecule has 0 aliphatic rings. The molecule has 0 bridgehead atoms. The molecule has 14 heavy (non-hydrogen) atoms. The minimum Gasteiger partial charge on any atom is -0.345 e. The van der Waals surface area contributed by atoms with Gasteiger partial charge >= 0.3 is 0 Å². The van der Waals surface area contributed by atoms with Gasteiger partial charge in [0.25, 0.3) is 0 Å². The molecule has 0 aromatic carbocycles. The Morgan fingerprint density at radius 2 is 1.93 bits per heavy atom. The van der Waals surface area contributed by atoms with E-state index in [0.717, 1.165) is 13.0 Å². The van der Waals surface area contributed by atoms with Gasteiger partial charge in [-0.25, -0.2) is 0 Å². The van der Waals surface area contributed by atoms with Crippen LogP contribution in [0.15, 0.2) is 0 Å². The van der Waals surface area contributed by atoms with E-state index in [2.05, 4.69) is 20.8 Å². The molecule has 0 radical (unpaired) electrons. The predicted molar refractivity (Wildman–Crippen MR) is 59.9 cm³/mol. The first-order chi connectivity index (χ1) is 6.51. The molecule has 0 spiro atoms. The average Bonchev–Trinajstić information content (AvgIpc) is 2.17. The maximum absolute atomic E-state index is 11.6. The number of nitrogens with zero attached hydrogens (tertiary/aromatic N) is 1. The van der Waals surface area contributed by atoms with Crippen molar-refractivity contribution < 1.29 is 4.79 Å². The Morgan fingerprint density at radius 1 is 1.36 bits per heavy atom. The fourth-order valence-electron chi connectivity index (χ4n) is 1.24. The first kappa shape index (κ1) is 13.4. The van der Waals surface area contributed by atoms with Crippen LogP contribution in [0.4, 0.5) is 0 Å². The van der Waals surface area contributed by atoms with E-state index in [4.69, 9.17) is 5.73 Å². The first-order valence-electron chi connectivity index (χ1n) is 5.45. The molecular weight excluding hydrogens is 176 g/mol. The zero-order valence-corrected chi connectivity index (χ0v) is 9.92. The topological polar surface area (TPSA) is 46.3 Å². The van der Waals surface area contributed by atoms with Crippen molar-refractivity contribution in [2.45, 2.75) is 33.6 Å². The summed E-state index contributed by atoms with van der Waals surface area (Å²) in [7, 11) is 1.86. The summed E-state index contributed by atoms with van der Waals surface area (Å²) < 4.78 is 0. The van der Waals surface area contributed by atoms with Crippen LogP contribution < -0.4 is 5.73 Å². The summed E-state index contributed by atoms with van der Waals surface area (Å²) in [4.78, 5) is 13.4. The second kappa shape index (κ2) is 6.82. The predicted octanol–water partition coefficient (Wildman–Crippen LogP) is 1.48. The fraction of sp³-hybridized carbons (Fsp3) is 0.909. The third kappa shape index (κ3) is 5.22. The average molecular weight is 200 g/mol. The number of hydrogen-bond donors (Lipinski definition) is 1. The Bertz CT molecular complexity index is 171. The SMILES string of the molecule is CCC(C)CC(=O)N(C)CC(C)CN. The number of hydrogen-bond acceptors (Lipinski definition) is 2. The Kier molecular flexibility index (Phi) is 6.54. The maximum Gasteiger partial charge on any atom is 0.222 e. The van der Waals surface area contributed by atoms with Crippen LogP contribution in [0.2, 0.25) is 0 Å². The molecule has 0 aliphatic heterocycles. The number of carbonyl (C=O) groups excluding carboxylic acids is 1. The van der Waals surface area contributed by atoms with E-state index in [1.165, 1.54) is 0 Å². The molecule has 3 nitrogen and oxygen atoms in total. The van der Waals surface area contributed by atoms with Crippen molar-refractivity contribution in [1.29, 1.82) is 0 Å². The van der Waals surface area contributed by atoms with Crippen molar-refractivity contribution in [2.75, 3.05) is 20.1 Å². The highest BCUT2D eigenvalue weighted by Crippen LogP contribution is 2.09. The van der Waals surface area contributed by atoms with Crippen LogP contribution in [-0.4, -0.2) is 30.9 Å². The van der Waals surface area contributed by atoms with E-state index >= 15 is 0 Å². The first-order valence-corrected chi connectivity index (χ1v) is 5.45. The molecule has 2 atom stereocenters. The van der Waals surface area contributed by atoms with Crippen LogP contribution in [0.1, 0.15) is 33.6 Å². The molecule has 0 aromatic heterocycles. The lowest BCUT2D eigenvalue weighted by atomic mass is 10.0. The van der Waals surface area contributed by atoms with Crippen LogP contribution in [0.5, 0.6) is 0 Å². The van der Waals surface area contributed by atoms with Crippen LogP contribution in [0.3, 0.4) is 0 Å². The Balaban J connectivity index is 3.87. The third-order valence-electron chi connectivity index (χ3n) is 2.63. The molecular formula is C11H24N2O. The second-order valence-corrected chi connectivity index (χ2v) is 4.33. The largest absolute Gasteiger partial charge is 0.345 e. The fourth-order valence-corrected chi connectivity index (χ4v) is 1.24. The number of rotatable bonds is 6. The van der Waals surface area contributed by atoms with E-state index in [9.17, 15) is 4.79 Å². The third-order valence-corrected chi connectivity index (χ3v) is 2.63. The zero-order chi connectivity index (χ0) is 11.1. The zero-order valence-electron chi connectivity index (χ0n) is 9.92.